The van der Waals surface area contributed by atoms with E-state index in [1.165, 1.54) is 0 Å². The highest BCUT2D eigenvalue weighted by atomic mass is 16.5. The molecule has 0 bridgehead atoms. The molecule has 112 valence electrons. The Morgan fingerprint density at radius 3 is 2.37 bits per heavy atom. The van der Waals surface area contributed by atoms with Gasteiger partial charge in [0.15, 0.2) is 0 Å². The molecule has 1 saturated heterocycles. The molecule has 0 aromatic carbocycles. The first-order chi connectivity index (χ1) is 8.95. The molecule has 1 fully saturated rings. The van der Waals surface area contributed by atoms with E-state index in [0.717, 1.165) is 39.0 Å². The van der Waals surface area contributed by atoms with Crippen molar-refractivity contribution in [2.75, 3.05) is 19.7 Å². The van der Waals surface area contributed by atoms with Crippen LogP contribution < -0.4 is 5.73 Å². The Balaban J connectivity index is 2.35. The summed E-state index contributed by atoms with van der Waals surface area (Å²) in [5.74, 6) is 0.928. The summed E-state index contributed by atoms with van der Waals surface area (Å²) in [6, 6.07) is -0.349. The molecule has 0 aromatic rings. The third-order valence-corrected chi connectivity index (χ3v) is 3.96. The quantitative estimate of drug-likeness (QED) is 0.803. The number of carbonyl (C=O) groups is 1. The van der Waals surface area contributed by atoms with E-state index in [2.05, 4.69) is 20.8 Å². The first-order valence-electron chi connectivity index (χ1n) is 7.61. The number of hydrogen-bond donors (Lipinski definition) is 1. The third-order valence-electron chi connectivity index (χ3n) is 3.96. The summed E-state index contributed by atoms with van der Waals surface area (Å²) in [4.78, 5) is 14.1. The average Bonchev–Trinajstić information content (AvgIpc) is 2.43. The third kappa shape index (κ3) is 5.11. The molecule has 0 radical (unpaired) electrons. The van der Waals surface area contributed by atoms with Crippen molar-refractivity contribution in [1.29, 1.82) is 0 Å². The number of carbonyl (C=O) groups excluding carboxylic acids is 1. The Labute approximate surface area is 117 Å². The summed E-state index contributed by atoms with van der Waals surface area (Å²) >= 11 is 0. The number of nitrogens with two attached hydrogens (primary N) is 1. The Hall–Kier alpha value is -0.610. The van der Waals surface area contributed by atoms with E-state index in [0.29, 0.717) is 12.0 Å². The van der Waals surface area contributed by atoms with Crippen LogP contribution in [0.4, 0.5) is 0 Å². The highest BCUT2D eigenvalue weighted by Crippen LogP contribution is 2.17. The van der Waals surface area contributed by atoms with Gasteiger partial charge in [0.25, 0.3) is 0 Å². The molecule has 1 aliphatic rings. The van der Waals surface area contributed by atoms with Gasteiger partial charge < -0.3 is 15.4 Å². The van der Waals surface area contributed by atoms with Gasteiger partial charge in [-0.05, 0) is 24.7 Å². The summed E-state index contributed by atoms with van der Waals surface area (Å²) in [7, 11) is 0. The molecule has 4 heteroatoms. The molecule has 0 aliphatic carbocycles. The van der Waals surface area contributed by atoms with Crippen molar-refractivity contribution in [3.63, 3.8) is 0 Å². The zero-order valence-electron chi connectivity index (χ0n) is 12.9. The summed E-state index contributed by atoms with van der Waals surface area (Å²) in [5, 5.41) is 0. The summed E-state index contributed by atoms with van der Waals surface area (Å²) in [5.41, 5.74) is 6.01. The van der Waals surface area contributed by atoms with Crippen molar-refractivity contribution in [2.24, 2.45) is 17.6 Å². The molecule has 1 amide bonds. The van der Waals surface area contributed by atoms with Gasteiger partial charge in [-0.1, -0.05) is 34.1 Å². The second kappa shape index (κ2) is 7.85. The maximum Gasteiger partial charge on any atom is 0.239 e. The number of hydrogen-bond acceptors (Lipinski definition) is 3. The van der Waals surface area contributed by atoms with Crippen LogP contribution in [0.2, 0.25) is 0 Å². The molecule has 2 atom stereocenters. The van der Waals surface area contributed by atoms with Crippen LogP contribution in [0.25, 0.3) is 0 Å². The number of ether oxygens (including phenoxy) is 1. The van der Waals surface area contributed by atoms with Crippen LogP contribution in [0.1, 0.15) is 47.0 Å². The van der Waals surface area contributed by atoms with Crippen LogP contribution in [-0.2, 0) is 9.53 Å². The van der Waals surface area contributed by atoms with Gasteiger partial charge >= 0.3 is 0 Å². The van der Waals surface area contributed by atoms with Gasteiger partial charge in [0.05, 0.1) is 12.1 Å². The Morgan fingerprint density at radius 1 is 1.32 bits per heavy atom. The highest BCUT2D eigenvalue weighted by molar-refractivity contribution is 5.82. The van der Waals surface area contributed by atoms with Crippen molar-refractivity contribution in [3.05, 3.63) is 0 Å². The van der Waals surface area contributed by atoms with E-state index in [1.54, 1.807) is 0 Å². The Bertz CT molecular complexity index is 273. The van der Waals surface area contributed by atoms with Gasteiger partial charge in [-0.15, -0.1) is 0 Å². The molecule has 2 unspecified atom stereocenters. The normalized spacial score (nSPS) is 20.6. The topological polar surface area (TPSA) is 55.6 Å². The predicted molar refractivity (Wildman–Crippen MR) is 77.8 cm³/mol. The lowest BCUT2D eigenvalue weighted by molar-refractivity contribution is -0.136. The number of rotatable bonds is 6. The van der Waals surface area contributed by atoms with E-state index < -0.39 is 0 Å². The summed E-state index contributed by atoms with van der Waals surface area (Å²) in [6.45, 7) is 10.8. The first-order valence-corrected chi connectivity index (χ1v) is 7.61. The number of piperidine rings is 1. The van der Waals surface area contributed by atoms with Crippen molar-refractivity contribution in [3.8, 4) is 0 Å². The van der Waals surface area contributed by atoms with Crippen LogP contribution in [0.15, 0.2) is 0 Å². The zero-order valence-corrected chi connectivity index (χ0v) is 12.9. The molecular formula is C15H30N2O2. The molecule has 19 heavy (non-hydrogen) atoms. The molecule has 2 N–H and O–H groups in total. The molecule has 0 spiro atoms. The number of amides is 1. The van der Waals surface area contributed by atoms with E-state index in [1.807, 2.05) is 11.8 Å². The lowest BCUT2D eigenvalue weighted by atomic mass is 9.97. The SMILES string of the molecule is CCC(C)C(N)C(=O)N1CCC(OCC(C)C)CC1. The fourth-order valence-electron chi connectivity index (χ4n) is 2.28. The lowest BCUT2D eigenvalue weighted by Gasteiger charge is -2.34. The van der Waals surface area contributed by atoms with Crippen LogP contribution in [0.3, 0.4) is 0 Å². The number of nitrogens with zero attached hydrogens (tertiary/aromatic N) is 1. The predicted octanol–water partition coefficient (Wildman–Crippen LogP) is 2.02. The fraction of sp³-hybridized carbons (Fsp3) is 0.933. The monoisotopic (exact) mass is 270 g/mol. The summed E-state index contributed by atoms with van der Waals surface area (Å²) in [6.07, 6.45) is 3.13. The molecular weight excluding hydrogens is 240 g/mol. The van der Waals surface area contributed by atoms with Crippen LogP contribution in [0.5, 0.6) is 0 Å². The smallest absolute Gasteiger partial charge is 0.239 e. The van der Waals surface area contributed by atoms with E-state index >= 15 is 0 Å². The average molecular weight is 270 g/mol. The lowest BCUT2D eigenvalue weighted by Crippen LogP contribution is -2.50. The second-order valence-corrected chi connectivity index (χ2v) is 6.16. The molecule has 1 rings (SSSR count). The van der Waals surface area contributed by atoms with Gasteiger partial charge in [0, 0.05) is 19.7 Å². The van der Waals surface area contributed by atoms with E-state index in [4.69, 9.17) is 10.5 Å². The van der Waals surface area contributed by atoms with Gasteiger partial charge in [-0.3, -0.25) is 4.79 Å². The molecule has 0 aromatic heterocycles. The minimum atomic E-state index is -0.349. The van der Waals surface area contributed by atoms with E-state index in [9.17, 15) is 4.79 Å². The number of likely N-dealkylation sites (tertiary alicyclic amines) is 1. The zero-order chi connectivity index (χ0) is 14.4. The van der Waals surface area contributed by atoms with Crippen molar-refractivity contribution >= 4 is 5.91 Å². The molecule has 4 nitrogen and oxygen atoms in total. The standard InChI is InChI=1S/C15H30N2O2/c1-5-12(4)14(16)15(18)17-8-6-13(7-9-17)19-10-11(2)3/h11-14H,5-10,16H2,1-4H3. The van der Waals surface area contributed by atoms with Crippen LogP contribution >= 0.6 is 0 Å². The Kier molecular flexibility index (Phi) is 6.80. The Morgan fingerprint density at radius 2 is 1.89 bits per heavy atom. The summed E-state index contributed by atoms with van der Waals surface area (Å²) < 4.78 is 5.83. The van der Waals surface area contributed by atoms with Crippen molar-refractivity contribution < 1.29 is 9.53 Å². The molecule has 0 saturated carbocycles. The second-order valence-electron chi connectivity index (χ2n) is 6.16. The molecule has 1 aliphatic heterocycles. The van der Waals surface area contributed by atoms with Gasteiger partial charge in [-0.25, -0.2) is 0 Å². The maximum absolute atomic E-state index is 12.2. The van der Waals surface area contributed by atoms with E-state index in [-0.39, 0.29) is 17.9 Å². The largest absolute Gasteiger partial charge is 0.378 e. The van der Waals surface area contributed by atoms with Gasteiger partial charge in [0.1, 0.15) is 0 Å². The van der Waals surface area contributed by atoms with Crippen molar-refractivity contribution in [2.45, 2.75) is 59.1 Å². The van der Waals surface area contributed by atoms with Gasteiger partial charge in [-0.2, -0.15) is 0 Å². The minimum Gasteiger partial charge on any atom is -0.378 e. The minimum absolute atomic E-state index is 0.108. The maximum atomic E-state index is 12.2. The fourth-order valence-corrected chi connectivity index (χ4v) is 2.28. The van der Waals surface area contributed by atoms with Crippen LogP contribution in [0, 0.1) is 11.8 Å². The molecule has 1 heterocycles. The highest BCUT2D eigenvalue weighted by Gasteiger charge is 2.28. The van der Waals surface area contributed by atoms with Gasteiger partial charge in [0.2, 0.25) is 5.91 Å². The first kappa shape index (κ1) is 16.4. The van der Waals surface area contributed by atoms with Crippen molar-refractivity contribution in [1.82, 2.24) is 4.90 Å². The van der Waals surface area contributed by atoms with Crippen LogP contribution in [-0.4, -0.2) is 42.6 Å².